The van der Waals surface area contributed by atoms with Crippen LogP contribution < -0.4 is 11.1 Å². The van der Waals surface area contributed by atoms with Crippen molar-refractivity contribution in [3.8, 4) is 11.4 Å². The summed E-state index contributed by atoms with van der Waals surface area (Å²) < 4.78 is 45.5. The lowest BCUT2D eigenvalue weighted by Gasteiger charge is -2.12. The van der Waals surface area contributed by atoms with Crippen LogP contribution in [0.1, 0.15) is 45.9 Å². The molecule has 6 rings (SSSR count). The maximum Gasteiger partial charge on any atom is 0.416 e. The second kappa shape index (κ2) is 9.78. The first-order valence-corrected chi connectivity index (χ1v) is 13.7. The average Bonchev–Trinajstić information content (AvgIpc) is 3.41. The van der Waals surface area contributed by atoms with Crippen LogP contribution in [0.15, 0.2) is 64.2 Å². The molecule has 0 radical (unpaired) electrons. The lowest BCUT2D eigenvalue weighted by Crippen LogP contribution is -2.29. The number of hydrogen-bond acceptors (Lipinski definition) is 4. The van der Waals surface area contributed by atoms with Gasteiger partial charge < -0.3 is 0 Å². The van der Waals surface area contributed by atoms with Crippen LogP contribution in [-0.2, 0) is 26.1 Å². The number of aryl methyl sites for hydroxylation is 2. The molecule has 1 aliphatic rings. The summed E-state index contributed by atoms with van der Waals surface area (Å²) in [7, 11) is 1.73. The summed E-state index contributed by atoms with van der Waals surface area (Å²) in [4.78, 5) is 34.6. The van der Waals surface area contributed by atoms with Gasteiger partial charge in [-0.25, -0.2) is 9.67 Å². The lowest BCUT2D eigenvalue weighted by atomic mass is 9.97. The van der Waals surface area contributed by atoms with Gasteiger partial charge >= 0.3 is 6.18 Å². The molecule has 0 aliphatic heterocycles. The van der Waals surface area contributed by atoms with Gasteiger partial charge in [-0.1, -0.05) is 42.5 Å². The van der Waals surface area contributed by atoms with Crippen molar-refractivity contribution < 1.29 is 13.2 Å². The number of nitrogens with zero attached hydrogens (tertiary/aromatic N) is 4. The van der Waals surface area contributed by atoms with Crippen molar-refractivity contribution in [2.45, 2.75) is 38.8 Å². The van der Waals surface area contributed by atoms with Crippen LogP contribution in [0, 0.1) is 6.92 Å². The molecule has 0 bridgehead atoms. The van der Waals surface area contributed by atoms with Gasteiger partial charge in [0.05, 0.1) is 22.3 Å². The van der Waals surface area contributed by atoms with E-state index in [1.165, 1.54) is 50.9 Å². The summed E-state index contributed by atoms with van der Waals surface area (Å²) in [5.41, 5.74) is 0.547. The van der Waals surface area contributed by atoms with Crippen LogP contribution in [0.4, 0.5) is 13.2 Å². The van der Waals surface area contributed by atoms with Crippen molar-refractivity contribution in [3.63, 3.8) is 0 Å². The van der Waals surface area contributed by atoms with E-state index in [-0.39, 0.29) is 22.6 Å². The summed E-state index contributed by atoms with van der Waals surface area (Å²) in [6, 6.07) is 14.3. The van der Waals surface area contributed by atoms with Crippen LogP contribution in [0.3, 0.4) is 0 Å². The molecule has 2 aromatic carbocycles. The smallest absolute Gasteiger partial charge is 0.283 e. The summed E-state index contributed by atoms with van der Waals surface area (Å²) in [6.07, 6.45) is 1.73. The Hall–Kier alpha value is -4.18. The molecular weight excluding hydrogens is 537 g/mol. The third-order valence-electron chi connectivity index (χ3n) is 7.44. The quantitative estimate of drug-likeness (QED) is 0.258. The highest BCUT2D eigenvalue weighted by Crippen LogP contribution is 2.35. The third kappa shape index (κ3) is 4.23. The third-order valence-corrected chi connectivity index (χ3v) is 8.63. The van der Waals surface area contributed by atoms with Gasteiger partial charge in [-0.3, -0.25) is 18.8 Å². The van der Waals surface area contributed by atoms with E-state index in [2.05, 4.69) is 0 Å². The minimum Gasteiger partial charge on any atom is -0.283 e. The molecule has 3 heterocycles. The molecule has 0 saturated heterocycles. The van der Waals surface area contributed by atoms with Crippen LogP contribution in [0.25, 0.3) is 33.7 Å². The van der Waals surface area contributed by atoms with E-state index in [1.807, 2.05) is 18.2 Å². The lowest BCUT2D eigenvalue weighted by molar-refractivity contribution is -0.137. The van der Waals surface area contributed by atoms with E-state index in [4.69, 9.17) is 4.98 Å². The molecular formula is C30H25F3N4O2S. The zero-order chi connectivity index (χ0) is 28.2. The van der Waals surface area contributed by atoms with Gasteiger partial charge in [0.15, 0.2) is 0 Å². The summed E-state index contributed by atoms with van der Waals surface area (Å²) >= 11 is 1.45. The zero-order valence-corrected chi connectivity index (χ0v) is 22.6. The molecule has 0 spiro atoms. The van der Waals surface area contributed by atoms with Crippen molar-refractivity contribution in [2.24, 2.45) is 7.05 Å². The molecule has 0 fully saturated rings. The standard InChI is InChI=1S/C30H25F3N4O2S/c1-18-26(29(39)37(35(18)2)20-11-4-3-5-12-20)36-24(17-16-19-10-6-8-14-22(19)30(31,32)33)34-27-25(28(36)38)21-13-7-9-15-23(21)40-27/h3-6,8,10-12,14,16-17H,7,9,13,15H2,1-2H3/b17-16+. The Morgan fingerprint density at radius 3 is 2.38 bits per heavy atom. The Morgan fingerprint density at radius 2 is 1.62 bits per heavy atom. The first kappa shape index (κ1) is 26.1. The van der Waals surface area contributed by atoms with Crippen LogP contribution in [0.2, 0.25) is 0 Å². The number of hydrogen-bond donors (Lipinski definition) is 0. The Bertz CT molecular complexity index is 1910. The maximum absolute atomic E-state index is 14.2. The Labute approximate surface area is 231 Å². The monoisotopic (exact) mass is 562 g/mol. The highest BCUT2D eigenvalue weighted by atomic mass is 32.1. The molecule has 0 atom stereocenters. The Kier molecular flexibility index (Phi) is 6.37. The van der Waals surface area contributed by atoms with Gasteiger partial charge in [0.1, 0.15) is 16.3 Å². The van der Waals surface area contributed by atoms with Crippen molar-refractivity contribution in [3.05, 3.63) is 108 Å². The molecule has 40 heavy (non-hydrogen) atoms. The topological polar surface area (TPSA) is 61.8 Å². The van der Waals surface area contributed by atoms with Gasteiger partial charge in [-0.2, -0.15) is 13.2 Å². The zero-order valence-electron chi connectivity index (χ0n) is 21.8. The van der Waals surface area contributed by atoms with Crippen molar-refractivity contribution >= 4 is 33.7 Å². The predicted molar refractivity (Wildman–Crippen MR) is 152 cm³/mol. The second-order valence-electron chi connectivity index (χ2n) is 9.83. The minimum atomic E-state index is -4.55. The van der Waals surface area contributed by atoms with E-state index in [9.17, 15) is 22.8 Å². The van der Waals surface area contributed by atoms with Gasteiger partial charge in [0.25, 0.3) is 11.1 Å². The summed E-state index contributed by atoms with van der Waals surface area (Å²) in [5, 5.41) is 0.487. The summed E-state index contributed by atoms with van der Waals surface area (Å²) in [6.45, 7) is 1.74. The van der Waals surface area contributed by atoms with Crippen molar-refractivity contribution in [1.29, 1.82) is 0 Å². The number of para-hydroxylation sites is 1. The highest BCUT2D eigenvalue weighted by molar-refractivity contribution is 7.18. The van der Waals surface area contributed by atoms with Gasteiger partial charge in [0.2, 0.25) is 0 Å². The fraction of sp³-hybridized carbons (Fsp3) is 0.233. The second-order valence-corrected chi connectivity index (χ2v) is 10.9. The number of thiophene rings is 1. The number of alkyl halides is 3. The molecule has 204 valence electrons. The van der Waals surface area contributed by atoms with Crippen molar-refractivity contribution in [2.75, 3.05) is 0 Å². The van der Waals surface area contributed by atoms with E-state index in [1.54, 1.807) is 30.8 Å². The number of rotatable bonds is 4. The van der Waals surface area contributed by atoms with Crippen LogP contribution in [-0.4, -0.2) is 18.9 Å². The molecule has 0 saturated carbocycles. The number of fused-ring (bicyclic) bond motifs is 3. The Morgan fingerprint density at radius 1 is 0.925 bits per heavy atom. The molecule has 1 aliphatic carbocycles. The maximum atomic E-state index is 14.2. The Balaban J connectivity index is 1.65. The minimum absolute atomic E-state index is 0.0622. The number of aromatic nitrogens is 4. The van der Waals surface area contributed by atoms with E-state index >= 15 is 0 Å². The normalized spacial score (nSPS) is 13.8. The van der Waals surface area contributed by atoms with E-state index in [0.717, 1.165) is 42.2 Å². The van der Waals surface area contributed by atoms with Crippen LogP contribution in [0.5, 0.6) is 0 Å². The SMILES string of the molecule is Cc1c(-n2c(/C=C/c3ccccc3C(F)(F)F)nc3sc4c(c3c2=O)CCCC4)c(=O)n(-c2ccccc2)n1C. The number of benzene rings is 2. The number of halogens is 3. The van der Waals surface area contributed by atoms with E-state index < -0.39 is 17.3 Å². The fourth-order valence-electron chi connectivity index (χ4n) is 5.43. The van der Waals surface area contributed by atoms with Gasteiger partial charge in [-0.05, 0) is 68.0 Å². The molecule has 6 nitrogen and oxygen atoms in total. The first-order valence-electron chi connectivity index (χ1n) is 12.9. The van der Waals surface area contributed by atoms with Crippen molar-refractivity contribution in [1.82, 2.24) is 18.9 Å². The largest absolute Gasteiger partial charge is 0.416 e. The fourth-order valence-corrected chi connectivity index (χ4v) is 6.68. The van der Waals surface area contributed by atoms with E-state index in [0.29, 0.717) is 21.6 Å². The highest BCUT2D eigenvalue weighted by Gasteiger charge is 2.32. The molecule has 0 unspecified atom stereocenters. The predicted octanol–water partition coefficient (Wildman–Crippen LogP) is 6.31. The average molecular weight is 563 g/mol. The molecule has 0 amide bonds. The molecule has 0 N–H and O–H groups in total. The first-order chi connectivity index (χ1) is 19.2. The molecule has 10 heteroatoms. The molecule has 3 aromatic heterocycles. The van der Waals surface area contributed by atoms with Crippen LogP contribution >= 0.6 is 11.3 Å². The van der Waals surface area contributed by atoms with Gasteiger partial charge in [-0.15, -0.1) is 11.3 Å². The molecule has 5 aromatic rings. The summed E-state index contributed by atoms with van der Waals surface area (Å²) in [5.74, 6) is 0.0964. The van der Waals surface area contributed by atoms with Gasteiger partial charge in [0, 0.05) is 11.9 Å².